The average molecular weight is 405 g/mol. The number of carboxylic acids is 1. The summed E-state index contributed by atoms with van der Waals surface area (Å²) in [5.74, 6) is -3.96. The van der Waals surface area contributed by atoms with Gasteiger partial charge < -0.3 is 15.9 Å². The number of benzene rings is 1. The van der Waals surface area contributed by atoms with Gasteiger partial charge in [0.05, 0.1) is 26.1 Å². The van der Waals surface area contributed by atoms with E-state index in [4.69, 9.17) is 10.8 Å². The number of fused-ring (bicyclic) bond motifs is 1. The summed E-state index contributed by atoms with van der Waals surface area (Å²) in [4.78, 5) is 63.6. The molecular formula is C18H21N4O7+. The van der Waals surface area contributed by atoms with E-state index in [1.165, 1.54) is 18.2 Å². The molecule has 1 aromatic carbocycles. The third kappa shape index (κ3) is 3.18. The molecule has 0 saturated carbocycles. The van der Waals surface area contributed by atoms with E-state index in [-0.39, 0.29) is 42.7 Å². The highest BCUT2D eigenvalue weighted by atomic mass is 16.4. The summed E-state index contributed by atoms with van der Waals surface area (Å²) in [6, 6.07) is 3.07. The molecule has 1 fully saturated rings. The van der Waals surface area contributed by atoms with E-state index in [1.807, 2.05) is 0 Å². The molecule has 29 heavy (non-hydrogen) atoms. The van der Waals surface area contributed by atoms with Gasteiger partial charge in [-0.2, -0.15) is 5.43 Å². The number of aliphatic hydroxyl groups excluding tert-OH is 1. The highest BCUT2D eigenvalue weighted by Crippen LogP contribution is 2.37. The van der Waals surface area contributed by atoms with Gasteiger partial charge in [0.25, 0.3) is 5.91 Å². The predicted octanol–water partition coefficient (Wildman–Crippen LogP) is -1.13. The number of piperidine rings is 1. The number of nitrogens with one attached hydrogen (secondary N) is 1. The van der Waals surface area contributed by atoms with E-state index < -0.39 is 53.3 Å². The molecule has 154 valence electrons. The van der Waals surface area contributed by atoms with Crippen LogP contribution in [0.4, 0.5) is 5.69 Å². The maximum absolute atomic E-state index is 13.4. The van der Waals surface area contributed by atoms with Crippen LogP contribution in [0.5, 0.6) is 0 Å². The molecule has 2 heterocycles. The first-order valence-corrected chi connectivity index (χ1v) is 9.04. The van der Waals surface area contributed by atoms with Crippen LogP contribution in [0.3, 0.4) is 0 Å². The molecule has 1 unspecified atom stereocenters. The number of imide groups is 2. The van der Waals surface area contributed by atoms with Crippen molar-refractivity contribution in [1.82, 2.24) is 10.3 Å². The van der Waals surface area contributed by atoms with Crippen molar-refractivity contribution in [2.75, 3.05) is 25.4 Å². The summed E-state index contributed by atoms with van der Waals surface area (Å²) in [7, 11) is 0. The van der Waals surface area contributed by atoms with Gasteiger partial charge >= 0.3 is 17.8 Å². The van der Waals surface area contributed by atoms with Crippen LogP contribution in [0.2, 0.25) is 0 Å². The van der Waals surface area contributed by atoms with E-state index in [0.717, 1.165) is 4.90 Å². The van der Waals surface area contributed by atoms with Gasteiger partial charge in [-0.25, -0.2) is 9.59 Å². The van der Waals surface area contributed by atoms with Crippen LogP contribution < -0.4 is 11.2 Å². The van der Waals surface area contributed by atoms with Gasteiger partial charge in [-0.05, 0) is 12.1 Å². The normalized spacial score (nSPS) is 24.2. The van der Waals surface area contributed by atoms with Gasteiger partial charge in [0, 0.05) is 18.5 Å². The molecule has 0 spiro atoms. The van der Waals surface area contributed by atoms with Crippen molar-refractivity contribution in [3.8, 4) is 0 Å². The number of aliphatic hydroxyl groups is 1. The largest absolute Gasteiger partial charge is 0.481 e. The highest BCUT2D eigenvalue weighted by Gasteiger charge is 2.63. The molecule has 11 heteroatoms. The second kappa shape index (κ2) is 7.70. The Kier molecular flexibility index (Phi) is 5.46. The predicted molar refractivity (Wildman–Crippen MR) is 96.9 cm³/mol. The molecule has 2 aliphatic rings. The monoisotopic (exact) mass is 405 g/mol. The molecule has 0 aliphatic carbocycles. The zero-order valence-electron chi connectivity index (χ0n) is 15.5. The van der Waals surface area contributed by atoms with Crippen molar-refractivity contribution >= 4 is 35.3 Å². The Morgan fingerprint density at radius 3 is 2.59 bits per heavy atom. The minimum absolute atomic E-state index is 0.0243. The number of anilines is 1. The van der Waals surface area contributed by atoms with E-state index in [2.05, 4.69) is 5.43 Å². The van der Waals surface area contributed by atoms with Gasteiger partial charge in [0.1, 0.15) is 11.1 Å². The molecule has 3 rings (SSSR count). The van der Waals surface area contributed by atoms with Crippen LogP contribution in [-0.4, -0.2) is 75.0 Å². The molecule has 5 N–H and O–H groups in total. The summed E-state index contributed by atoms with van der Waals surface area (Å²) >= 11 is 0. The van der Waals surface area contributed by atoms with E-state index in [0.29, 0.717) is 0 Å². The molecule has 1 aromatic rings. The Hall–Kier alpha value is -3.15. The van der Waals surface area contributed by atoms with E-state index in [1.54, 1.807) is 0 Å². The van der Waals surface area contributed by atoms with Gasteiger partial charge in [-0.1, -0.05) is 6.07 Å². The number of hydrogen-bond donors (Lipinski definition) is 4. The molecule has 2 aliphatic heterocycles. The van der Waals surface area contributed by atoms with Crippen LogP contribution in [0, 0.1) is 0 Å². The lowest BCUT2D eigenvalue weighted by molar-refractivity contribution is -0.829. The summed E-state index contributed by atoms with van der Waals surface area (Å²) in [5.41, 5.74) is 8.60. The molecule has 4 amide bonds. The SMILES string of the molecule is Nc1cccc2c1C(=O)[N@+](NCCC(=O)O)(C1CCC(=O)N(CCO)C1=O)C2=O. The van der Waals surface area contributed by atoms with Crippen LogP contribution in [0.15, 0.2) is 18.2 Å². The Bertz CT molecular complexity index is 915. The van der Waals surface area contributed by atoms with Crippen LogP contribution >= 0.6 is 0 Å². The lowest BCUT2D eigenvalue weighted by Crippen LogP contribution is -2.72. The van der Waals surface area contributed by atoms with Crippen molar-refractivity contribution in [2.24, 2.45) is 0 Å². The first-order valence-electron chi connectivity index (χ1n) is 9.04. The van der Waals surface area contributed by atoms with Gasteiger partial charge in [0.15, 0.2) is 0 Å². The topological polar surface area (TPSA) is 167 Å². The van der Waals surface area contributed by atoms with Crippen LogP contribution in [-0.2, 0) is 14.4 Å². The minimum atomic E-state index is -1.29. The number of carboxylic acid groups (broad SMARTS) is 1. The first-order chi connectivity index (χ1) is 13.8. The molecule has 0 radical (unpaired) electrons. The lowest BCUT2D eigenvalue weighted by Gasteiger charge is -2.39. The Labute approximate surface area is 165 Å². The second-order valence-electron chi connectivity index (χ2n) is 6.82. The zero-order valence-corrected chi connectivity index (χ0v) is 15.5. The zero-order chi connectivity index (χ0) is 21.3. The Morgan fingerprint density at radius 2 is 1.97 bits per heavy atom. The fraction of sp³-hybridized carbons (Fsp3) is 0.389. The maximum Gasteiger partial charge on any atom is 0.376 e. The van der Waals surface area contributed by atoms with Crippen LogP contribution in [0.1, 0.15) is 40.0 Å². The molecule has 0 bridgehead atoms. The number of nitrogen functional groups attached to an aromatic ring is 1. The van der Waals surface area contributed by atoms with Gasteiger partial charge in [-0.3, -0.25) is 19.3 Å². The number of β-amino-alcohol motifs (C(OH)–C–C–N with tert-alkyl or cyclic N) is 1. The number of likely N-dealkylation sites (tertiary alicyclic amines) is 1. The number of nitrogens with two attached hydrogens (primary N) is 1. The first kappa shape index (κ1) is 20.6. The number of quaternary nitrogens is 1. The Balaban J connectivity index is 2.08. The quantitative estimate of drug-likeness (QED) is 0.249. The number of amides is 4. The van der Waals surface area contributed by atoms with Crippen molar-refractivity contribution in [3.63, 3.8) is 0 Å². The number of aliphatic carboxylic acids is 1. The van der Waals surface area contributed by atoms with Crippen molar-refractivity contribution < 1.29 is 38.8 Å². The summed E-state index contributed by atoms with van der Waals surface area (Å²) in [5, 5.41) is 18.1. The lowest BCUT2D eigenvalue weighted by atomic mass is 10.0. The number of rotatable bonds is 7. The third-order valence-electron chi connectivity index (χ3n) is 5.16. The van der Waals surface area contributed by atoms with Crippen molar-refractivity contribution in [1.29, 1.82) is 0 Å². The molecule has 2 atom stereocenters. The molecular weight excluding hydrogens is 384 g/mol. The van der Waals surface area contributed by atoms with Gasteiger partial charge in [0.2, 0.25) is 11.9 Å². The smallest absolute Gasteiger partial charge is 0.376 e. The number of carbonyl (C=O) groups excluding carboxylic acids is 4. The average Bonchev–Trinajstić information content (AvgIpc) is 2.88. The summed E-state index contributed by atoms with van der Waals surface area (Å²) < 4.78 is -1.16. The van der Waals surface area contributed by atoms with Crippen LogP contribution in [0.25, 0.3) is 0 Å². The number of hydrogen-bond acceptors (Lipinski definition) is 8. The Morgan fingerprint density at radius 1 is 1.24 bits per heavy atom. The summed E-state index contributed by atoms with van der Waals surface area (Å²) in [6.45, 7) is -0.995. The molecule has 0 aromatic heterocycles. The molecule has 1 saturated heterocycles. The minimum Gasteiger partial charge on any atom is -0.481 e. The molecule has 11 nitrogen and oxygen atoms in total. The second-order valence-corrected chi connectivity index (χ2v) is 6.82. The standard InChI is InChI=1S/C18H20N4O7/c19-11-3-1-2-10-15(11)18(29)22(17(10)28,20-7-6-14(25)26)12-4-5-13(24)21(8-9-23)16(12)27/h1-3,12,20,23H,4-9H2,(H2-,19,25,26,29)/p+1/t12?,22-/m0/s1. The van der Waals surface area contributed by atoms with Crippen molar-refractivity contribution in [2.45, 2.75) is 25.3 Å². The number of nitrogens with zero attached hydrogens (tertiary/aromatic N) is 2. The van der Waals surface area contributed by atoms with Crippen molar-refractivity contribution in [3.05, 3.63) is 29.3 Å². The maximum atomic E-state index is 13.4. The van der Waals surface area contributed by atoms with E-state index in [9.17, 15) is 29.1 Å². The third-order valence-corrected chi connectivity index (χ3v) is 5.16. The fourth-order valence-corrected chi connectivity index (χ4v) is 3.84. The fourth-order valence-electron chi connectivity index (χ4n) is 3.84. The highest BCUT2D eigenvalue weighted by molar-refractivity contribution is 6.17. The van der Waals surface area contributed by atoms with Gasteiger partial charge in [-0.15, -0.1) is 4.59 Å². The number of carbonyl (C=O) groups is 5. The summed E-state index contributed by atoms with van der Waals surface area (Å²) in [6.07, 6.45) is -0.596. The van der Waals surface area contributed by atoms with E-state index >= 15 is 0 Å².